The van der Waals surface area contributed by atoms with E-state index in [1.54, 1.807) is 12.1 Å². The summed E-state index contributed by atoms with van der Waals surface area (Å²) in [5.41, 5.74) is 1.18. The van der Waals surface area contributed by atoms with Gasteiger partial charge in [0.05, 0.1) is 0 Å². The molecule has 0 spiro atoms. The van der Waals surface area contributed by atoms with E-state index in [4.69, 9.17) is 9.47 Å². The smallest absolute Gasteiger partial charge is 0.450 e. The van der Waals surface area contributed by atoms with Crippen LogP contribution in [0.25, 0.3) is 0 Å². The molecule has 2 aromatic carbocycles. The molecule has 0 aliphatic heterocycles. The zero-order valence-corrected chi connectivity index (χ0v) is 13.1. The van der Waals surface area contributed by atoms with Crippen molar-refractivity contribution < 1.29 is 27.4 Å². The number of carbonyl (C=O) groups is 1. The third-order valence-electron chi connectivity index (χ3n) is 3.33. The Morgan fingerprint density at radius 1 is 0.917 bits per heavy atom. The fraction of sp³-hybridized carbons (Fsp3) is 0.278. The van der Waals surface area contributed by atoms with Gasteiger partial charge in [0.1, 0.15) is 24.7 Å². The quantitative estimate of drug-likeness (QED) is 0.712. The van der Waals surface area contributed by atoms with Crippen molar-refractivity contribution in [1.82, 2.24) is 0 Å². The lowest BCUT2D eigenvalue weighted by Crippen LogP contribution is -2.24. The maximum Gasteiger partial charge on any atom is 0.450 e. The minimum atomic E-state index is -4.85. The van der Waals surface area contributed by atoms with Crippen molar-refractivity contribution in [2.24, 2.45) is 0 Å². The summed E-state index contributed by atoms with van der Waals surface area (Å²) in [4.78, 5) is 11.1. The monoisotopic (exact) mass is 338 g/mol. The molecule has 6 heteroatoms. The van der Waals surface area contributed by atoms with Crippen molar-refractivity contribution in [2.75, 3.05) is 13.2 Å². The first-order valence-corrected chi connectivity index (χ1v) is 7.37. The third-order valence-corrected chi connectivity index (χ3v) is 3.33. The number of benzene rings is 2. The van der Waals surface area contributed by atoms with Crippen LogP contribution in [0.5, 0.6) is 11.5 Å². The molecule has 128 valence electrons. The average Bonchev–Trinajstić information content (AvgIpc) is 2.53. The summed E-state index contributed by atoms with van der Waals surface area (Å²) >= 11 is 0. The van der Waals surface area contributed by atoms with Crippen LogP contribution >= 0.6 is 0 Å². The molecule has 2 aromatic rings. The summed E-state index contributed by atoms with van der Waals surface area (Å²) < 4.78 is 48.2. The molecule has 0 aliphatic rings. The minimum absolute atomic E-state index is 0.158. The number of halogens is 3. The molecule has 0 fully saturated rings. The number of alkyl halides is 3. The molecule has 0 atom stereocenters. The summed E-state index contributed by atoms with van der Waals surface area (Å²) in [6.45, 7) is 2.31. The first-order chi connectivity index (χ1) is 11.4. The second-order valence-corrected chi connectivity index (χ2v) is 5.17. The lowest BCUT2D eigenvalue weighted by molar-refractivity contribution is -0.170. The zero-order chi connectivity index (χ0) is 17.6. The van der Waals surface area contributed by atoms with Gasteiger partial charge in [-0.2, -0.15) is 13.2 Å². The number of Topliss-reactive ketones (excluding diaryl/α,β-unsaturated/α-hetero) is 1. The molecule has 24 heavy (non-hydrogen) atoms. The number of ketones is 1. The van der Waals surface area contributed by atoms with E-state index in [0.717, 1.165) is 11.3 Å². The van der Waals surface area contributed by atoms with Crippen molar-refractivity contribution in [3.63, 3.8) is 0 Å². The highest BCUT2D eigenvalue weighted by atomic mass is 19.4. The van der Waals surface area contributed by atoms with E-state index in [-0.39, 0.29) is 24.5 Å². The second-order valence-electron chi connectivity index (χ2n) is 5.17. The van der Waals surface area contributed by atoms with E-state index in [2.05, 4.69) is 0 Å². The van der Waals surface area contributed by atoms with Gasteiger partial charge in [-0.25, -0.2) is 0 Å². The van der Waals surface area contributed by atoms with Crippen LogP contribution in [0, 0.1) is 6.92 Å². The predicted molar refractivity (Wildman–Crippen MR) is 83.4 cm³/mol. The number of para-hydroxylation sites is 2. The normalized spacial score (nSPS) is 11.2. The lowest BCUT2D eigenvalue weighted by Gasteiger charge is -2.13. The van der Waals surface area contributed by atoms with E-state index < -0.39 is 18.4 Å². The number of carbonyl (C=O) groups excluding carboxylic acids is 1. The molecule has 0 amide bonds. The number of hydrogen-bond donors (Lipinski definition) is 0. The van der Waals surface area contributed by atoms with Gasteiger partial charge in [0.15, 0.2) is 0 Å². The lowest BCUT2D eigenvalue weighted by atomic mass is 10.1. The molecule has 0 heterocycles. The Hall–Kier alpha value is -2.50. The van der Waals surface area contributed by atoms with Crippen molar-refractivity contribution in [3.05, 3.63) is 59.7 Å². The molecular formula is C18H17F3O3. The Morgan fingerprint density at radius 2 is 1.46 bits per heavy atom. The Kier molecular flexibility index (Phi) is 5.84. The van der Waals surface area contributed by atoms with Gasteiger partial charge in [0, 0.05) is 12.0 Å². The van der Waals surface area contributed by atoms with Gasteiger partial charge in [-0.3, -0.25) is 4.79 Å². The van der Waals surface area contributed by atoms with Crippen LogP contribution < -0.4 is 9.47 Å². The molecule has 0 radical (unpaired) electrons. The van der Waals surface area contributed by atoms with E-state index >= 15 is 0 Å². The fourth-order valence-electron chi connectivity index (χ4n) is 2.09. The van der Waals surface area contributed by atoms with Crippen LogP contribution in [-0.4, -0.2) is 25.2 Å². The van der Waals surface area contributed by atoms with Gasteiger partial charge in [-0.15, -0.1) is 0 Å². The standard InChI is InChI=1S/C18H17F3O3/c1-13-6-2-4-8-15(13)23-10-11-24-16-9-5-3-7-14(16)12-17(22)18(19,20)21/h2-9H,10-12H2,1H3. The second kappa shape index (κ2) is 7.86. The number of rotatable bonds is 7. The first-order valence-electron chi connectivity index (χ1n) is 7.37. The summed E-state index contributed by atoms with van der Waals surface area (Å²) in [6, 6.07) is 13.7. The molecule has 0 unspecified atom stereocenters. The highest BCUT2D eigenvalue weighted by Gasteiger charge is 2.38. The largest absolute Gasteiger partial charge is 0.490 e. The number of ether oxygens (including phenoxy) is 2. The highest BCUT2D eigenvalue weighted by molar-refractivity contribution is 5.86. The van der Waals surface area contributed by atoms with Gasteiger partial charge in [0.25, 0.3) is 0 Å². The number of hydrogen-bond acceptors (Lipinski definition) is 3. The van der Waals surface area contributed by atoms with Crippen molar-refractivity contribution in [1.29, 1.82) is 0 Å². The molecule has 0 saturated carbocycles. The molecule has 0 saturated heterocycles. The van der Waals surface area contributed by atoms with Gasteiger partial charge < -0.3 is 9.47 Å². The topological polar surface area (TPSA) is 35.5 Å². The first kappa shape index (κ1) is 17.8. The van der Waals surface area contributed by atoms with Crippen molar-refractivity contribution in [2.45, 2.75) is 19.5 Å². The van der Waals surface area contributed by atoms with Crippen LogP contribution in [0.3, 0.4) is 0 Å². The molecule has 0 bridgehead atoms. The Bertz CT molecular complexity index is 696. The maximum atomic E-state index is 12.4. The maximum absolute atomic E-state index is 12.4. The summed E-state index contributed by atoms with van der Waals surface area (Å²) in [6.07, 6.45) is -5.58. The summed E-state index contributed by atoms with van der Waals surface area (Å²) in [5, 5.41) is 0. The van der Waals surface area contributed by atoms with Crippen LogP contribution in [0.15, 0.2) is 48.5 Å². The molecule has 0 aromatic heterocycles. The van der Waals surface area contributed by atoms with Crippen molar-refractivity contribution >= 4 is 5.78 Å². The average molecular weight is 338 g/mol. The number of aryl methyl sites for hydroxylation is 1. The van der Waals surface area contributed by atoms with E-state index in [1.807, 2.05) is 31.2 Å². The van der Waals surface area contributed by atoms with E-state index in [9.17, 15) is 18.0 Å². The van der Waals surface area contributed by atoms with Crippen LogP contribution in [-0.2, 0) is 11.2 Å². The minimum Gasteiger partial charge on any atom is -0.490 e. The van der Waals surface area contributed by atoms with Crippen molar-refractivity contribution in [3.8, 4) is 11.5 Å². The van der Waals surface area contributed by atoms with E-state index in [0.29, 0.717) is 0 Å². The molecular weight excluding hydrogens is 321 g/mol. The van der Waals surface area contributed by atoms with Gasteiger partial charge in [-0.05, 0) is 24.6 Å². The van der Waals surface area contributed by atoms with Gasteiger partial charge in [0.2, 0.25) is 5.78 Å². The summed E-state index contributed by atoms with van der Waals surface area (Å²) in [5.74, 6) is -0.820. The van der Waals surface area contributed by atoms with Crippen LogP contribution in [0.2, 0.25) is 0 Å². The Morgan fingerprint density at radius 3 is 2.08 bits per heavy atom. The summed E-state index contributed by atoms with van der Waals surface area (Å²) in [7, 11) is 0. The molecule has 0 aliphatic carbocycles. The molecule has 3 nitrogen and oxygen atoms in total. The Balaban J connectivity index is 1.91. The third kappa shape index (κ3) is 5.01. The molecule has 0 N–H and O–H groups in total. The highest BCUT2D eigenvalue weighted by Crippen LogP contribution is 2.24. The fourth-order valence-corrected chi connectivity index (χ4v) is 2.09. The van der Waals surface area contributed by atoms with Crippen LogP contribution in [0.4, 0.5) is 13.2 Å². The molecule has 2 rings (SSSR count). The Labute approximate surface area is 138 Å². The van der Waals surface area contributed by atoms with E-state index in [1.165, 1.54) is 12.1 Å². The SMILES string of the molecule is Cc1ccccc1OCCOc1ccccc1CC(=O)C(F)(F)F. The zero-order valence-electron chi connectivity index (χ0n) is 13.1. The predicted octanol–water partition coefficient (Wildman–Crippen LogP) is 4.13. The van der Waals surface area contributed by atoms with Crippen LogP contribution in [0.1, 0.15) is 11.1 Å². The van der Waals surface area contributed by atoms with Gasteiger partial charge in [-0.1, -0.05) is 36.4 Å². The van der Waals surface area contributed by atoms with Gasteiger partial charge >= 0.3 is 6.18 Å².